The van der Waals surface area contributed by atoms with Gasteiger partial charge < -0.3 is 4.90 Å². The number of hydrogen-bond acceptors (Lipinski definition) is 7. The summed E-state index contributed by atoms with van der Waals surface area (Å²) in [5.41, 5.74) is 0. The molecule has 0 bridgehead atoms. The molecule has 0 saturated carbocycles. The van der Waals surface area contributed by atoms with Gasteiger partial charge in [0.15, 0.2) is 9.80 Å². The van der Waals surface area contributed by atoms with Crippen LogP contribution in [0.3, 0.4) is 0 Å². The van der Waals surface area contributed by atoms with E-state index >= 15 is 0 Å². The minimum absolute atomic E-state index is 0.681. The van der Waals surface area contributed by atoms with Gasteiger partial charge in [-0.1, -0.05) is 0 Å². The lowest BCUT2D eigenvalue weighted by Crippen LogP contribution is -2.60. The average molecular weight is 318 g/mol. The molecule has 0 radical (unpaired) electrons. The second-order valence-electron chi connectivity index (χ2n) is 3.11. The van der Waals surface area contributed by atoms with E-state index in [1.165, 1.54) is 22.6 Å². The monoisotopic (exact) mass is 317 g/mol. The first-order valence-corrected chi connectivity index (χ1v) is 9.27. The summed E-state index contributed by atoms with van der Waals surface area (Å²) in [7, 11) is -0.563. The largest absolute Gasteiger partial charge is 0.383 e. The molecule has 5 nitrogen and oxygen atoms in total. The van der Waals surface area contributed by atoms with Gasteiger partial charge in [-0.2, -0.15) is 14.0 Å². The van der Waals surface area contributed by atoms with Crippen LogP contribution in [0.15, 0.2) is 22.6 Å². The molecular formula is C8H12ClNO4S3. The molecule has 1 rings (SSSR count). The molecule has 9 heteroatoms. The molecule has 1 aliphatic heterocycles. The Bertz CT molecular complexity index is 375. The number of allylic oxidation sites excluding steroid dienone is 2. The molecule has 1 unspecified atom stereocenters. The van der Waals surface area contributed by atoms with E-state index in [9.17, 15) is 14.0 Å². The zero-order valence-electron chi connectivity index (χ0n) is 9.41. The van der Waals surface area contributed by atoms with Gasteiger partial charge in [-0.25, -0.2) is 0 Å². The van der Waals surface area contributed by atoms with Crippen LogP contribution in [0, 0.1) is 10.2 Å². The van der Waals surface area contributed by atoms with Crippen molar-refractivity contribution in [3.05, 3.63) is 22.6 Å². The second-order valence-corrected chi connectivity index (χ2v) is 8.43. The number of halogens is 1. The predicted molar refractivity (Wildman–Crippen MR) is 65.7 cm³/mol. The minimum atomic E-state index is -4.40. The molecule has 0 fully saturated rings. The van der Waals surface area contributed by atoms with Crippen molar-refractivity contribution in [1.82, 2.24) is 4.90 Å². The Balaban J connectivity index is 2.86. The van der Waals surface area contributed by atoms with E-state index in [-0.39, 0.29) is 0 Å². The molecule has 0 aromatic carbocycles. The molecule has 0 saturated heterocycles. The van der Waals surface area contributed by atoms with Gasteiger partial charge in [0.1, 0.15) is 3.74 Å². The summed E-state index contributed by atoms with van der Waals surface area (Å²) < 4.78 is 37.1. The summed E-state index contributed by atoms with van der Waals surface area (Å²) in [6.07, 6.45) is 7.20. The first-order chi connectivity index (χ1) is 7.81. The molecule has 1 atom stereocenters. The Morgan fingerprint density at radius 3 is 2.59 bits per heavy atom. The Morgan fingerprint density at radius 1 is 1.47 bits per heavy atom. The molecule has 17 heavy (non-hydrogen) atoms. The summed E-state index contributed by atoms with van der Waals surface area (Å²) in [4.78, 5) is 2.49. The molecule has 1 aliphatic rings. The fraction of sp³-hybridized carbons (Fsp3) is 0.375. The zero-order chi connectivity index (χ0) is 13.1. The molecule has 0 aromatic rings. The summed E-state index contributed by atoms with van der Waals surface area (Å²) in [6, 6.07) is 0. The lowest BCUT2D eigenvalue weighted by atomic mass is 10.4. The van der Waals surface area contributed by atoms with Crippen molar-refractivity contribution in [2.75, 3.05) is 20.4 Å². The Hall–Kier alpha value is 0.330. The molecule has 0 aromatic heterocycles. The van der Waals surface area contributed by atoms with Gasteiger partial charge in [0, 0.05) is 14.1 Å². The van der Waals surface area contributed by atoms with E-state index < -0.39 is 20.0 Å². The third-order valence-electron chi connectivity index (χ3n) is 1.48. The van der Waals surface area contributed by atoms with E-state index in [1.807, 2.05) is 31.3 Å². The van der Waals surface area contributed by atoms with Gasteiger partial charge in [-0.15, -0.1) is 11.8 Å². The lowest BCUT2D eigenvalue weighted by molar-refractivity contribution is -1.91. The third kappa shape index (κ3) is 5.66. The molecule has 1 heterocycles. The van der Waals surface area contributed by atoms with Crippen molar-refractivity contribution in [2.24, 2.45) is 0 Å². The maximum Gasteiger partial charge on any atom is 0.180 e. The normalized spacial score (nSPS) is 21.2. The standard InChI is InChI=1S/C8H12ClNO4S3/c1-10(2)5-4-7-6-8(15-3)16-17(7)14-9(11,12)13/h4-6H,1-3H3/b5-4-. The van der Waals surface area contributed by atoms with Crippen molar-refractivity contribution in [3.63, 3.8) is 0 Å². The van der Waals surface area contributed by atoms with Crippen molar-refractivity contribution < 1.29 is 28.0 Å². The fourth-order valence-corrected chi connectivity index (χ4v) is 6.44. The molecule has 0 amide bonds. The second kappa shape index (κ2) is 6.48. The first kappa shape index (κ1) is 15.4. The van der Waals surface area contributed by atoms with E-state index in [2.05, 4.69) is 3.74 Å². The maximum atomic E-state index is 10.6. The number of rotatable bonds is 5. The number of hydrogen-bond donors (Lipinski definition) is 0. The highest BCUT2D eigenvalue weighted by Crippen LogP contribution is 2.49. The van der Waals surface area contributed by atoms with Crippen LogP contribution < -0.4 is 14.0 Å². The van der Waals surface area contributed by atoms with Crippen LogP contribution in [0.4, 0.5) is 0 Å². The van der Waals surface area contributed by atoms with Crippen LogP contribution in [-0.4, -0.2) is 30.1 Å². The molecule has 0 spiro atoms. The highest BCUT2D eigenvalue weighted by atomic mass is 35.7. The Kier molecular flexibility index (Phi) is 5.87. The van der Waals surface area contributed by atoms with Crippen molar-refractivity contribution in [1.29, 1.82) is 0 Å². The molecule has 0 N–H and O–H groups in total. The van der Waals surface area contributed by atoms with Crippen molar-refractivity contribution in [3.8, 4) is 0 Å². The predicted octanol–water partition coefficient (Wildman–Crippen LogP) is -0.802. The van der Waals surface area contributed by atoms with Gasteiger partial charge in [-0.3, -0.25) is 0 Å². The van der Waals surface area contributed by atoms with Gasteiger partial charge in [0.2, 0.25) is 0 Å². The zero-order valence-corrected chi connectivity index (χ0v) is 12.6. The van der Waals surface area contributed by atoms with E-state index in [1.54, 1.807) is 12.3 Å². The minimum Gasteiger partial charge on any atom is -0.383 e. The Labute approximate surface area is 113 Å². The van der Waals surface area contributed by atoms with Crippen LogP contribution in [0.2, 0.25) is 0 Å². The first-order valence-electron chi connectivity index (χ1n) is 4.32. The summed E-state index contributed by atoms with van der Waals surface area (Å²) >= 11 is 1.48. The SMILES string of the molecule is CSC1=CC(/C=C\N(C)C)=S(O[Cl+3]([O-])([O-])[O-])S1. The van der Waals surface area contributed by atoms with Crippen LogP contribution in [0.5, 0.6) is 0 Å². The topological polar surface area (TPSA) is 81.7 Å². The van der Waals surface area contributed by atoms with Crippen LogP contribution >= 0.6 is 32.4 Å². The van der Waals surface area contributed by atoms with Gasteiger partial charge in [-0.05, 0) is 35.4 Å². The van der Waals surface area contributed by atoms with Crippen molar-refractivity contribution >= 4 is 37.2 Å². The van der Waals surface area contributed by atoms with Crippen LogP contribution in [-0.2, 0) is 3.74 Å². The maximum absolute atomic E-state index is 10.6. The summed E-state index contributed by atoms with van der Waals surface area (Å²) in [5.74, 6) is 0. The summed E-state index contributed by atoms with van der Waals surface area (Å²) in [5, 5.41) is 0. The molecule has 98 valence electrons. The van der Waals surface area contributed by atoms with Gasteiger partial charge >= 0.3 is 0 Å². The lowest BCUT2D eigenvalue weighted by Gasteiger charge is -2.12. The van der Waals surface area contributed by atoms with Gasteiger partial charge in [0.25, 0.3) is 0 Å². The third-order valence-corrected chi connectivity index (χ3v) is 7.25. The van der Waals surface area contributed by atoms with E-state index in [0.717, 1.165) is 4.24 Å². The summed E-state index contributed by atoms with van der Waals surface area (Å²) in [6.45, 7) is 0. The quantitative estimate of drug-likeness (QED) is 0.373. The van der Waals surface area contributed by atoms with Crippen LogP contribution in [0.25, 0.3) is 0 Å². The van der Waals surface area contributed by atoms with Crippen molar-refractivity contribution in [2.45, 2.75) is 0 Å². The number of thioether (sulfide) groups is 1. The average Bonchev–Trinajstić information content (AvgIpc) is 2.55. The highest BCUT2D eigenvalue weighted by molar-refractivity contribution is 8.85. The Morgan fingerprint density at radius 2 is 2.12 bits per heavy atom. The van der Waals surface area contributed by atoms with E-state index in [0.29, 0.717) is 4.86 Å². The fourth-order valence-electron chi connectivity index (χ4n) is 0.849. The molecular weight excluding hydrogens is 306 g/mol. The highest BCUT2D eigenvalue weighted by Gasteiger charge is 2.29. The van der Waals surface area contributed by atoms with Crippen LogP contribution in [0.1, 0.15) is 0 Å². The van der Waals surface area contributed by atoms with E-state index in [4.69, 9.17) is 0 Å². The molecule has 0 aliphatic carbocycles. The van der Waals surface area contributed by atoms with Gasteiger partial charge in [0.05, 0.1) is 19.3 Å². The smallest absolute Gasteiger partial charge is 0.180 e. The number of nitrogens with zero attached hydrogens (tertiary/aromatic N) is 1.